The summed E-state index contributed by atoms with van der Waals surface area (Å²) in [6.07, 6.45) is 7.82. The number of hydrogen-bond acceptors (Lipinski definition) is 3. The molecule has 1 aromatic rings. The van der Waals surface area contributed by atoms with Crippen LogP contribution in [0.1, 0.15) is 38.5 Å². The van der Waals surface area contributed by atoms with Crippen LogP contribution in [0, 0.1) is 5.92 Å². The summed E-state index contributed by atoms with van der Waals surface area (Å²) in [6, 6.07) is 8.25. The molecule has 136 valence electrons. The zero-order valence-electron chi connectivity index (χ0n) is 14.1. The van der Waals surface area contributed by atoms with Crippen molar-refractivity contribution in [3.05, 3.63) is 24.3 Å². The molecular weight excluding hydrogens is 345 g/mol. The van der Waals surface area contributed by atoms with Crippen LogP contribution in [0.4, 0.5) is 11.4 Å². The highest BCUT2D eigenvalue weighted by atomic mass is 35.5. The van der Waals surface area contributed by atoms with E-state index >= 15 is 0 Å². The van der Waals surface area contributed by atoms with Crippen LogP contribution in [0.5, 0.6) is 0 Å². The highest BCUT2D eigenvalue weighted by Crippen LogP contribution is 2.27. The second kappa shape index (κ2) is 10.8. The van der Waals surface area contributed by atoms with Gasteiger partial charge in [-0.2, -0.15) is 0 Å². The van der Waals surface area contributed by atoms with Gasteiger partial charge >= 0.3 is 0 Å². The van der Waals surface area contributed by atoms with E-state index in [0.29, 0.717) is 6.54 Å². The Morgan fingerprint density at radius 2 is 1.79 bits per heavy atom. The second-order valence-corrected chi connectivity index (χ2v) is 6.57. The molecular formula is C18H29Cl2N3O. The van der Waals surface area contributed by atoms with Crippen molar-refractivity contribution in [2.45, 2.75) is 38.5 Å². The van der Waals surface area contributed by atoms with Crippen LogP contribution in [-0.2, 0) is 4.79 Å². The summed E-state index contributed by atoms with van der Waals surface area (Å²) in [6.45, 7) is 3.63. The van der Waals surface area contributed by atoms with Gasteiger partial charge in [-0.15, -0.1) is 24.8 Å². The molecule has 1 aliphatic carbocycles. The number of benzene rings is 1. The molecule has 0 unspecified atom stereocenters. The number of anilines is 2. The van der Waals surface area contributed by atoms with E-state index in [1.165, 1.54) is 44.2 Å². The number of halogens is 2. The van der Waals surface area contributed by atoms with E-state index < -0.39 is 0 Å². The van der Waals surface area contributed by atoms with E-state index in [4.69, 9.17) is 0 Å². The standard InChI is InChI=1S/C18H27N3O.2ClH/c22-18(14-19-13-15-8-9-15)20-16-6-5-7-17(12-16)21-10-3-1-2-4-11-21;;/h5-7,12,15,19H,1-4,8-11,13-14H2,(H,20,22);2*1H. The van der Waals surface area contributed by atoms with Gasteiger partial charge in [0.05, 0.1) is 6.54 Å². The number of nitrogens with zero attached hydrogens (tertiary/aromatic N) is 1. The van der Waals surface area contributed by atoms with Crippen molar-refractivity contribution in [3.63, 3.8) is 0 Å². The van der Waals surface area contributed by atoms with Crippen LogP contribution in [-0.4, -0.2) is 32.1 Å². The largest absolute Gasteiger partial charge is 0.371 e. The maximum Gasteiger partial charge on any atom is 0.238 e. The number of amides is 1. The van der Waals surface area contributed by atoms with Gasteiger partial charge in [0.1, 0.15) is 0 Å². The van der Waals surface area contributed by atoms with Gasteiger partial charge in [-0.05, 0) is 56.3 Å². The molecule has 0 aromatic heterocycles. The minimum atomic E-state index is 0. The Morgan fingerprint density at radius 3 is 2.46 bits per heavy atom. The first-order valence-corrected chi connectivity index (χ1v) is 8.67. The van der Waals surface area contributed by atoms with E-state index in [-0.39, 0.29) is 30.7 Å². The Hall–Kier alpha value is -0.970. The molecule has 1 saturated heterocycles. The van der Waals surface area contributed by atoms with Crippen molar-refractivity contribution in [2.75, 3.05) is 36.4 Å². The van der Waals surface area contributed by atoms with Gasteiger partial charge in [-0.25, -0.2) is 0 Å². The average molecular weight is 374 g/mol. The van der Waals surface area contributed by atoms with Crippen molar-refractivity contribution in [1.82, 2.24) is 5.32 Å². The van der Waals surface area contributed by atoms with Crippen LogP contribution in [0.25, 0.3) is 0 Å². The van der Waals surface area contributed by atoms with E-state index in [1.807, 2.05) is 12.1 Å². The SMILES string of the molecule is Cl.Cl.O=C(CNCC1CC1)Nc1cccc(N2CCCCCC2)c1. The van der Waals surface area contributed by atoms with Crippen molar-refractivity contribution < 1.29 is 4.79 Å². The zero-order chi connectivity index (χ0) is 15.2. The summed E-state index contributed by atoms with van der Waals surface area (Å²) >= 11 is 0. The predicted molar refractivity (Wildman–Crippen MR) is 106 cm³/mol. The molecule has 1 saturated carbocycles. The van der Waals surface area contributed by atoms with Crippen LogP contribution >= 0.6 is 24.8 Å². The number of carbonyl (C=O) groups excluding carboxylic acids is 1. The lowest BCUT2D eigenvalue weighted by Crippen LogP contribution is -2.29. The fraction of sp³-hybridized carbons (Fsp3) is 0.611. The molecule has 4 nitrogen and oxygen atoms in total. The van der Waals surface area contributed by atoms with Crippen molar-refractivity contribution >= 4 is 42.1 Å². The van der Waals surface area contributed by atoms with Gasteiger partial charge in [-0.3, -0.25) is 4.79 Å². The molecule has 6 heteroatoms. The van der Waals surface area contributed by atoms with Crippen LogP contribution < -0.4 is 15.5 Å². The number of rotatable bonds is 6. The fourth-order valence-corrected chi connectivity index (χ4v) is 3.03. The molecule has 1 heterocycles. The summed E-state index contributed by atoms with van der Waals surface area (Å²) in [4.78, 5) is 14.4. The van der Waals surface area contributed by atoms with Gasteiger partial charge in [-0.1, -0.05) is 18.9 Å². The fourth-order valence-electron chi connectivity index (χ4n) is 3.03. The molecule has 0 atom stereocenters. The summed E-state index contributed by atoms with van der Waals surface area (Å²) in [5.41, 5.74) is 2.13. The molecule has 1 amide bonds. The molecule has 2 aliphatic rings. The lowest BCUT2D eigenvalue weighted by Gasteiger charge is -2.23. The minimum Gasteiger partial charge on any atom is -0.371 e. The first-order valence-electron chi connectivity index (χ1n) is 8.67. The van der Waals surface area contributed by atoms with Gasteiger partial charge in [0, 0.05) is 24.5 Å². The molecule has 0 bridgehead atoms. The Kier molecular flexibility index (Phi) is 9.49. The topological polar surface area (TPSA) is 44.4 Å². The van der Waals surface area contributed by atoms with Crippen molar-refractivity contribution in [3.8, 4) is 0 Å². The summed E-state index contributed by atoms with van der Waals surface area (Å²) < 4.78 is 0. The van der Waals surface area contributed by atoms with Gasteiger partial charge < -0.3 is 15.5 Å². The van der Waals surface area contributed by atoms with Crippen molar-refractivity contribution in [2.24, 2.45) is 5.92 Å². The summed E-state index contributed by atoms with van der Waals surface area (Å²) in [5.74, 6) is 0.854. The van der Waals surface area contributed by atoms with Crippen molar-refractivity contribution in [1.29, 1.82) is 0 Å². The summed E-state index contributed by atoms with van der Waals surface area (Å²) in [7, 11) is 0. The Morgan fingerprint density at radius 1 is 1.08 bits per heavy atom. The zero-order valence-corrected chi connectivity index (χ0v) is 15.8. The third-order valence-corrected chi connectivity index (χ3v) is 4.52. The highest BCUT2D eigenvalue weighted by molar-refractivity contribution is 5.92. The van der Waals surface area contributed by atoms with Gasteiger partial charge in [0.15, 0.2) is 0 Å². The third kappa shape index (κ3) is 6.88. The minimum absolute atomic E-state index is 0. The Bertz CT molecular complexity index is 501. The lowest BCUT2D eigenvalue weighted by molar-refractivity contribution is -0.115. The molecule has 0 radical (unpaired) electrons. The number of nitrogens with one attached hydrogen (secondary N) is 2. The Balaban J connectivity index is 0.00000144. The lowest BCUT2D eigenvalue weighted by atomic mass is 10.2. The van der Waals surface area contributed by atoms with Gasteiger partial charge in [0.2, 0.25) is 5.91 Å². The first-order chi connectivity index (χ1) is 10.8. The molecule has 1 aliphatic heterocycles. The van der Waals surface area contributed by atoms with E-state index in [1.54, 1.807) is 0 Å². The van der Waals surface area contributed by atoms with Gasteiger partial charge in [0.25, 0.3) is 0 Å². The number of carbonyl (C=O) groups is 1. The van der Waals surface area contributed by atoms with E-state index in [2.05, 4.69) is 27.7 Å². The smallest absolute Gasteiger partial charge is 0.238 e. The maximum atomic E-state index is 12.0. The monoisotopic (exact) mass is 373 g/mol. The first kappa shape index (κ1) is 21.1. The van der Waals surface area contributed by atoms with E-state index in [0.717, 1.165) is 31.2 Å². The molecule has 3 rings (SSSR count). The Labute approximate surface area is 157 Å². The molecule has 2 N–H and O–H groups in total. The molecule has 0 spiro atoms. The van der Waals surface area contributed by atoms with E-state index in [9.17, 15) is 4.79 Å². The summed E-state index contributed by atoms with van der Waals surface area (Å²) in [5, 5.41) is 6.23. The maximum absolute atomic E-state index is 12.0. The number of hydrogen-bond donors (Lipinski definition) is 2. The van der Waals surface area contributed by atoms with Crippen LogP contribution in [0.15, 0.2) is 24.3 Å². The average Bonchev–Trinajstić information content (AvgIpc) is 3.34. The highest BCUT2D eigenvalue weighted by Gasteiger charge is 2.20. The van der Waals surface area contributed by atoms with Crippen LogP contribution in [0.2, 0.25) is 0 Å². The molecule has 24 heavy (non-hydrogen) atoms. The molecule has 2 fully saturated rings. The molecule has 1 aromatic carbocycles. The van der Waals surface area contributed by atoms with Crippen LogP contribution in [0.3, 0.4) is 0 Å². The third-order valence-electron chi connectivity index (χ3n) is 4.52. The predicted octanol–water partition coefficient (Wildman–Crippen LogP) is 3.85. The quantitative estimate of drug-likeness (QED) is 0.795. The normalized spacial score (nSPS) is 17.2. The second-order valence-electron chi connectivity index (χ2n) is 6.57.